The molecule has 4 heteroatoms. The molecule has 0 spiro atoms. The fraction of sp³-hybridized carbons (Fsp3) is 1.00. The summed E-state index contributed by atoms with van der Waals surface area (Å²) >= 11 is 0. The Bertz CT molecular complexity index is 296. The standard InChI is InChI=1S/C16H34N4/c1-4-15-13-19(3)10-6-11-20(15)16(14-17)7-5-9-18(2)12-8-16/h15H,4-14,17H2,1-3H3. The molecular formula is C16H34N4. The minimum Gasteiger partial charge on any atom is -0.329 e. The summed E-state index contributed by atoms with van der Waals surface area (Å²) in [7, 11) is 4.52. The smallest absolute Gasteiger partial charge is 0.0347 e. The highest BCUT2D eigenvalue weighted by molar-refractivity contribution is 4.98. The lowest BCUT2D eigenvalue weighted by atomic mass is 9.86. The second-order valence-electron chi connectivity index (χ2n) is 6.96. The van der Waals surface area contributed by atoms with Crippen molar-refractivity contribution >= 4 is 0 Å². The first-order valence-electron chi connectivity index (χ1n) is 8.45. The molecule has 0 bridgehead atoms. The largest absolute Gasteiger partial charge is 0.329 e. The molecule has 0 radical (unpaired) electrons. The Labute approximate surface area is 125 Å². The molecule has 20 heavy (non-hydrogen) atoms. The zero-order chi connectivity index (χ0) is 14.6. The minimum atomic E-state index is 0.247. The average molecular weight is 282 g/mol. The monoisotopic (exact) mass is 282 g/mol. The van der Waals surface area contributed by atoms with E-state index < -0.39 is 0 Å². The number of likely N-dealkylation sites (tertiary alicyclic amines) is 1. The molecule has 2 aliphatic rings. The summed E-state index contributed by atoms with van der Waals surface area (Å²) in [6, 6.07) is 0.675. The lowest BCUT2D eigenvalue weighted by Crippen LogP contribution is -2.59. The molecule has 0 aromatic rings. The molecule has 2 unspecified atom stereocenters. The number of hydrogen-bond acceptors (Lipinski definition) is 4. The summed E-state index contributed by atoms with van der Waals surface area (Å²) in [6.07, 6.45) is 6.32. The van der Waals surface area contributed by atoms with Gasteiger partial charge in [-0.15, -0.1) is 0 Å². The molecule has 2 rings (SSSR count). The maximum atomic E-state index is 6.31. The van der Waals surface area contributed by atoms with Gasteiger partial charge >= 0.3 is 0 Å². The highest BCUT2D eigenvalue weighted by Crippen LogP contribution is 2.32. The van der Waals surface area contributed by atoms with E-state index in [1.807, 2.05) is 0 Å². The number of nitrogens with zero attached hydrogens (tertiary/aromatic N) is 3. The molecule has 2 saturated heterocycles. The first-order valence-corrected chi connectivity index (χ1v) is 8.45. The predicted octanol–water partition coefficient (Wildman–Crippen LogP) is 1.22. The van der Waals surface area contributed by atoms with E-state index in [2.05, 4.69) is 35.7 Å². The molecule has 0 amide bonds. The van der Waals surface area contributed by atoms with Crippen molar-refractivity contribution in [2.45, 2.75) is 50.6 Å². The summed E-state index contributed by atoms with van der Waals surface area (Å²) in [5, 5.41) is 0. The third-order valence-corrected chi connectivity index (χ3v) is 5.50. The molecule has 118 valence electrons. The van der Waals surface area contributed by atoms with Gasteiger partial charge in [-0.3, -0.25) is 4.90 Å². The van der Waals surface area contributed by atoms with Crippen molar-refractivity contribution in [3.63, 3.8) is 0 Å². The van der Waals surface area contributed by atoms with Crippen LogP contribution in [-0.2, 0) is 0 Å². The summed E-state index contributed by atoms with van der Waals surface area (Å²) in [6.45, 7) is 9.24. The molecule has 2 fully saturated rings. The van der Waals surface area contributed by atoms with Gasteiger partial charge < -0.3 is 15.5 Å². The van der Waals surface area contributed by atoms with Crippen LogP contribution in [0.2, 0.25) is 0 Å². The van der Waals surface area contributed by atoms with Gasteiger partial charge in [0.2, 0.25) is 0 Å². The van der Waals surface area contributed by atoms with E-state index in [0.29, 0.717) is 6.04 Å². The molecule has 2 atom stereocenters. The van der Waals surface area contributed by atoms with Crippen LogP contribution in [0.15, 0.2) is 0 Å². The number of likely N-dealkylation sites (N-methyl/N-ethyl adjacent to an activating group) is 1. The van der Waals surface area contributed by atoms with Crippen molar-refractivity contribution in [1.82, 2.24) is 14.7 Å². The van der Waals surface area contributed by atoms with E-state index in [4.69, 9.17) is 5.73 Å². The summed E-state index contributed by atoms with van der Waals surface area (Å²) < 4.78 is 0. The van der Waals surface area contributed by atoms with E-state index in [0.717, 1.165) is 6.54 Å². The van der Waals surface area contributed by atoms with Crippen LogP contribution in [-0.4, -0.2) is 79.6 Å². The SMILES string of the molecule is CCC1CN(C)CCCN1C1(CN)CCCN(C)CC1. The minimum absolute atomic E-state index is 0.247. The molecular weight excluding hydrogens is 248 g/mol. The first kappa shape index (κ1) is 16.2. The van der Waals surface area contributed by atoms with Gasteiger partial charge in [-0.1, -0.05) is 6.92 Å². The summed E-state index contributed by atoms with van der Waals surface area (Å²) in [4.78, 5) is 7.78. The van der Waals surface area contributed by atoms with Crippen LogP contribution < -0.4 is 5.73 Å². The van der Waals surface area contributed by atoms with Gasteiger partial charge in [-0.25, -0.2) is 0 Å². The van der Waals surface area contributed by atoms with E-state index in [1.54, 1.807) is 0 Å². The molecule has 4 nitrogen and oxygen atoms in total. The van der Waals surface area contributed by atoms with E-state index in [9.17, 15) is 0 Å². The molecule has 2 heterocycles. The van der Waals surface area contributed by atoms with Crippen LogP contribution in [0.3, 0.4) is 0 Å². The highest BCUT2D eigenvalue weighted by atomic mass is 15.3. The first-order chi connectivity index (χ1) is 9.61. The van der Waals surface area contributed by atoms with Crippen molar-refractivity contribution in [2.24, 2.45) is 5.73 Å². The van der Waals surface area contributed by atoms with Crippen LogP contribution in [0.25, 0.3) is 0 Å². The Morgan fingerprint density at radius 1 is 1.00 bits per heavy atom. The molecule has 0 aromatic heterocycles. The molecule has 0 aliphatic carbocycles. The molecule has 2 N–H and O–H groups in total. The van der Waals surface area contributed by atoms with Gasteiger partial charge in [-0.2, -0.15) is 0 Å². The Morgan fingerprint density at radius 3 is 2.45 bits per heavy atom. The van der Waals surface area contributed by atoms with Crippen LogP contribution in [0.4, 0.5) is 0 Å². The fourth-order valence-electron chi connectivity index (χ4n) is 4.14. The predicted molar refractivity (Wildman–Crippen MR) is 86.0 cm³/mol. The van der Waals surface area contributed by atoms with Gasteiger partial charge in [-0.05, 0) is 65.8 Å². The maximum absolute atomic E-state index is 6.31. The van der Waals surface area contributed by atoms with E-state index >= 15 is 0 Å². The normalized spacial score (nSPS) is 35.7. The van der Waals surface area contributed by atoms with Crippen LogP contribution in [0.1, 0.15) is 39.0 Å². The third-order valence-electron chi connectivity index (χ3n) is 5.50. The van der Waals surface area contributed by atoms with Crippen LogP contribution in [0, 0.1) is 0 Å². The lowest BCUT2D eigenvalue weighted by molar-refractivity contribution is 0.0354. The Hall–Kier alpha value is -0.160. The van der Waals surface area contributed by atoms with Crippen molar-refractivity contribution in [3.8, 4) is 0 Å². The van der Waals surface area contributed by atoms with E-state index in [-0.39, 0.29) is 5.54 Å². The zero-order valence-corrected chi connectivity index (χ0v) is 13.8. The lowest BCUT2D eigenvalue weighted by Gasteiger charge is -2.47. The van der Waals surface area contributed by atoms with Crippen molar-refractivity contribution in [2.75, 3.05) is 53.4 Å². The fourth-order valence-corrected chi connectivity index (χ4v) is 4.14. The molecule has 0 aromatic carbocycles. The maximum Gasteiger partial charge on any atom is 0.0347 e. The third kappa shape index (κ3) is 3.53. The molecule has 2 aliphatic heterocycles. The highest BCUT2D eigenvalue weighted by Gasteiger charge is 2.40. The Balaban J connectivity index is 2.18. The number of hydrogen-bond donors (Lipinski definition) is 1. The van der Waals surface area contributed by atoms with Gasteiger partial charge in [0.15, 0.2) is 0 Å². The summed E-state index contributed by atoms with van der Waals surface area (Å²) in [5.74, 6) is 0. The number of rotatable bonds is 3. The molecule has 0 saturated carbocycles. The quantitative estimate of drug-likeness (QED) is 0.844. The van der Waals surface area contributed by atoms with Crippen molar-refractivity contribution < 1.29 is 0 Å². The van der Waals surface area contributed by atoms with Crippen LogP contribution >= 0.6 is 0 Å². The van der Waals surface area contributed by atoms with Gasteiger partial charge in [0, 0.05) is 31.2 Å². The van der Waals surface area contributed by atoms with Crippen molar-refractivity contribution in [3.05, 3.63) is 0 Å². The zero-order valence-electron chi connectivity index (χ0n) is 13.8. The van der Waals surface area contributed by atoms with Gasteiger partial charge in [0.05, 0.1) is 0 Å². The topological polar surface area (TPSA) is 35.7 Å². The average Bonchev–Trinajstić information content (AvgIpc) is 2.75. The Morgan fingerprint density at radius 2 is 1.75 bits per heavy atom. The number of nitrogens with two attached hydrogens (primary N) is 1. The van der Waals surface area contributed by atoms with E-state index in [1.165, 1.54) is 64.8 Å². The van der Waals surface area contributed by atoms with Gasteiger partial charge in [0.25, 0.3) is 0 Å². The second kappa shape index (κ2) is 7.21. The summed E-state index contributed by atoms with van der Waals surface area (Å²) in [5.41, 5.74) is 6.56. The van der Waals surface area contributed by atoms with Crippen molar-refractivity contribution in [1.29, 1.82) is 0 Å². The Kier molecular flexibility index (Phi) is 5.84. The van der Waals surface area contributed by atoms with Crippen LogP contribution in [0.5, 0.6) is 0 Å². The second-order valence-corrected chi connectivity index (χ2v) is 6.96. The van der Waals surface area contributed by atoms with Gasteiger partial charge in [0.1, 0.15) is 0 Å².